The Morgan fingerprint density at radius 1 is 1.12 bits per heavy atom. The Morgan fingerprint density at radius 2 is 1.85 bits per heavy atom. The zero-order valence-electron chi connectivity index (χ0n) is 14.0. The molecule has 2 heterocycles. The molecule has 3 N–H and O–H groups in total. The zero-order chi connectivity index (χ0) is 18.1. The summed E-state index contributed by atoms with van der Waals surface area (Å²) in [7, 11) is 1.61. The van der Waals surface area contributed by atoms with Crippen molar-refractivity contribution in [2.75, 3.05) is 18.3 Å². The van der Waals surface area contributed by atoms with E-state index in [0.29, 0.717) is 10.2 Å². The average molecular weight is 364 g/mol. The highest BCUT2D eigenvalue weighted by Crippen LogP contribution is 2.31. The predicted molar refractivity (Wildman–Crippen MR) is 106 cm³/mol. The molecular weight excluding hydrogens is 348 g/mol. The van der Waals surface area contributed by atoms with Crippen LogP contribution in [0.4, 0.5) is 11.6 Å². The number of thiophene rings is 1. The van der Waals surface area contributed by atoms with E-state index in [9.17, 15) is 4.79 Å². The fourth-order valence-corrected chi connectivity index (χ4v) is 3.66. The molecule has 4 aromatic rings. The summed E-state index contributed by atoms with van der Waals surface area (Å²) in [5.41, 5.74) is 1.52. The van der Waals surface area contributed by atoms with Gasteiger partial charge in [0, 0.05) is 10.6 Å². The van der Waals surface area contributed by atoms with E-state index in [-0.39, 0.29) is 11.5 Å². The molecule has 7 heteroatoms. The second-order valence-electron chi connectivity index (χ2n) is 5.66. The van der Waals surface area contributed by atoms with Crippen LogP contribution in [0.5, 0.6) is 5.75 Å². The number of anilines is 2. The molecule has 0 radical (unpaired) electrons. The molecule has 0 aliphatic heterocycles. The third-order valence-electron chi connectivity index (χ3n) is 4.00. The molecule has 130 valence electrons. The first-order valence-electron chi connectivity index (χ1n) is 7.94. The van der Waals surface area contributed by atoms with Crippen molar-refractivity contribution in [1.82, 2.24) is 9.66 Å². The maximum atomic E-state index is 12.6. The smallest absolute Gasteiger partial charge is 0.282 e. The van der Waals surface area contributed by atoms with Gasteiger partial charge in [-0.05, 0) is 35.9 Å². The van der Waals surface area contributed by atoms with Gasteiger partial charge in [-0.25, -0.2) is 4.98 Å². The first-order chi connectivity index (χ1) is 12.7. The summed E-state index contributed by atoms with van der Waals surface area (Å²) in [6, 6.07) is 19.0. The van der Waals surface area contributed by atoms with Gasteiger partial charge >= 0.3 is 0 Å². The van der Waals surface area contributed by atoms with Crippen LogP contribution in [-0.2, 0) is 0 Å². The lowest BCUT2D eigenvalue weighted by Crippen LogP contribution is -2.29. The molecular formula is C19H16N4O2S. The largest absolute Gasteiger partial charge is 0.497 e. The van der Waals surface area contributed by atoms with Crippen LogP contribution in [0, 0.1) is 0 Å². The quantitative estimate of drug-likeness (QED) is 0.541. The van der Waals surface area contributed by atoms with Gasteiger partial charge < -0.3 is 15.9 Å². The molecule has 0 saturated carbocycles. The van der Waals surface area contributed by atoms with Crippen LogP contribution in [0.15, 0.2) is 65.5 Å². The van der Waals surface area contributed by atoms with Crippen molar-refractivity contribution in [3.8, 4) is 16.2 Å². The Bertz CT molecular complexity index is 1120. The molecule has 26 heavy (non-hydrogen) atoms. The highest BCUT2D eigenvalue weighted by Gasteiger charge is 2.13. The molecule has 0 spiro atoms. The van der Waals surface area contributed by atoms with Gasteiger partial charge in [0.05, 0.1) is 12.5 Å². The maximum Gasteiger partial charge on any atom is 0.282 e. The van der Waals surface area contributed by atoms with E-state index in [1.807, 2.05) is 60.7 Å². The zero-order valence-corrected chi connectivity index (χ0v) is 14.8. The van der Waals surface area contributed by atoms with E-state index < -0.39 is 0 Å². The number of hydrogen-bond donors (Lipinski definition) is 2. The van der Waals surface area contributed by atoms with Crippen molar-refractivity contribution in [3.05, 3.63) is 71.0 Å². The van der Waals surface area contributed by atoms with Crippen molar-refractivity contribution in [2.45, 2.75) is 0 Å². The van der Waals surface area contributed by atoms with Gasteiger partial charge in [0.25, 0.3) is 5.56 Å². The van der Waals surface area contributed by atoms with Gasteiger partial charge in [0.15, 0.2) is 0 Å². The van der Waals surface area contributed by atoms with Crippen LogP contribution >= 0.6 is 11.3 Å². The van der Waals surface area contributed by atoms with E-state index in [2.05, 4.69) is 10.3 Å². The third kappa shape index (κ3) is 2.89. The maximum absolute atomic E-state index is 12.6. The molecule has 4 rings (SSSR count). The van der Waals surface area contributed by atoms with Crippen molar-refractivity contribution in [3.63, 3.8) is 0 Å². The number of nitrogens with one attached hydrogen (secondary N) is 1. The SMILES string of the molecule is COc1ccc(Nc2nc3sc(-c4ccccc4)cc3c(=O)n2N)cc1. The Hall–Kier alpha value is -3.32. The molecule has 6 nitrogen and oxygen atoms in total. The average Bonchev–Trinajstić information content (AvgIpc) is 3.11. The second kappa shape index (κ2) is 6.53. The van der Waals surface area contributed by atoms with Crippen LogP contribution in [0.3, 0.4) is 0 Å². The molecule has 0 atom stereocenters. The van der Waals surface area contributed by atoms with Crippen molar-refractivity contribution >= 4 is 33.2 Å². The first-order valence-corrected chi connectivity index (χ1v) is 8.75. The minimum atomic E-state index is -0.288. The summed E-state index contributed by atoms with van der Waals surface area (Å²) in [6.07, 6.45) is 0. The Morgan fingerprint density at radius 3 is 2.54 bits per heavy atom. The molecule has 2 aromatic carbocycles. The number of methoxy groups -OCH3 is 1. The number of nitrogen functional groups attached to an aromatic ring is 1. The molecule has 0 amide bonds. The fraction of sp³-hybridized carbons (Fsp3) is 0.0526. The highest BCUT2D eigenvalue weighted by atomic mass is 32.1. The summed E-state index contributed by atoms with van der Waals surface area (Å²) in [5, 5.41) is 3.59. The van der Waals surface area contributed by atoms with E-state index >= 15 is 0 Å². The molecule has 0 unspecified atom stereocenters. The summed E-state index contributed by atoms with van der Waals surface area (Å²) in [5.74, 6) is 6.99. The van der Waals surface area contributed by atoms with Crippen LogP contribution in [-0.4, -0.2) is 16.8 Å². The minimum absolute atomic E-state index is 0.286. The number of rotatable bonds is 4. The normalized spacial score (nSPS) is 10.8. The lowest BCUT2D eigenvalue weighted by molar-refractivity contribution is 0.415. The second-order valence-corrected chi connectivity index (χ2v) is 6.69. The van der Waals surface area contributed by atoms with Gasteiger partial charge in [0.2, 0.25) is 5.95 Å². The van der Waals surface area contributed by atoms with Gasteiger partial charge in [-0.2, -0.15) is 4.68 Å². The predicted octanol–water partition coefficient (Wildman–Crippen LogP) is 3.59. The number of benzene rings is 2. The minimum Gasteiger partial charge on any atom is -0.497 e. The van der Waals surface area contributed by atoms with E-state index in [0.717, 1.165) is 26.6 Å². The number of aromatic nitrogens is 2. The number of nitrogens with two attached hydrogens (primary N) is 1. The van der Waals surface area contributed by atoms with Crippen molar-refractivity contribution in [1.29, 1.82) is 0 Å². The Labute approximate surface area is 153 Å². The van der Waals surface area contributed by atoms with Crippen molar-refractivity contribution < 1.29 is 4.74 Å². The fourth-order valence-electron chi connectivity index (χ4n) is 2.63. The van der Waals surface area contributed by atoms with Gasteiger partial charge in [-0.1, -0.05) is 30.3 Å². The lowest BCUT2D eigenvalue weighted by atomic mass is 10.2. The van der Waals surface area contributed by atoms with E-state index in [4.69, 9.17) is 10.6 Å². The molecule has 0 bridgehead atoms. The number of fused-ring (bicyclic) bond motifs is 1. The van der Waals surface area contributed by atoms with Crippen LogP contribution < -0.4 is 21.5 Å². The van der Waals surface area contributed by atoms with Crippen LogP contribution in [0.1, 0.15) is 0 Å². The molecule has 0 aliphatic carbocycles. The topological polar surface area (TPSA) is 82.2 Å². The highest BCUT2D eigenvalue weighted by molar-refractivity contribution is 7.21. The van der Waals surface area contributed by atoms with Crippen molar-refractivity contribution in [2.24, 2.45) is 0 Å². The molecule has 0 fully saturated rings. The Kier molecular flexibility index (Phi) is 4.06. The van der Waals surface area contributed by atoms with Gasteiger partial charge in [0.1, 0.15) is 10.6 Å². The number of hydrogen-bond acceptors (Lipinski definition) is 6. The standard InChI is InChI=1S/C19H16N4O2S/c1-25-14-9-7-13(8-10-14)21-19-22-17-15(18(24)23(19)20)11-16(26-17)12-5-3-2-4-6-12/h2-11H,20H2,1H3,(H,21,22). The van der Waals surface area contributed by atoms with Gasteiger partial charge in [-0.3, -0.25) is 4.79 Å². The third-order valence-corrected chi connectivity index (χ3v) is 5.08. The molecule has 0 saturated heterocycles. The summed E-state index contributed by atoms with van der Waals surface area (Å²) >= 11 is 1.46. The van der Waals surface area contributed by atoms with Crippen LogP contribution in [0.2, 0.25) is 0 Å². The van der Waals surface area contributed by atoms with Crippen LogP contribution in [0.25, 0.3) is 20.7 Å². The lowest BCUT2D eigenvalue weighted by Gasteiger charge is -2.10. The van der Waals surface area contributed by atoms with E-state index in [1.165, 1.54) is 11.3 Å². The molecule has 0 aliphatic rings. The van der Waals surface area contributed by atoms with E-state index in [1.54, 1.807) is 7.11 Å². The van der Waals surface area contributed by atoms with Gasteiger partial charge in [-0.15, -0.1) is 11.3 Å². The number of ether oxygens (including phenoxy) is 1. The number of nitrogens with zero attached hydrogens (tertiary/aromatic N) is 2. The molecule has 2 aromatic heterocycles. The Balaban J connectivity index is 1.76. The first kappa shape index (κ1) is 16.2. The summed E-state index contributed by atoms with van der Waals surface area (Å²) < 4.78 is 6.18. The monoisotopic (exact) mass is 364 g/mol. The summed E-state index contributed by atoms with van der Waals surface area (Å²) in [6.45, 7) is 0. The summed E-state index contributed by atoms with van der Waals surface area (Å²) in [4.78, 5) is 18.8.